The van der Waals surface area contributed by atoms with E-state index in [0.29, 0.717) is 12.2 Å². The third-order valence-corrected chi connectivity index (χ3v) is 2.10. The summed E-state index contributed by atoms with van der Waals surface area (Å²) in [6, 6.07) is 0. The normalized spacial score (nSPS) is 22.3. The van der Waals surface area contributed by atoms with Crippen LogP contribution in [0.3, 0.4) is 0 Å². The Morgan fingerprint density at radius 1 is 1.50 bits per heavy atom. The van der Waals surface area contributed by atoms with E-state index in [2.05, 4.69) is 24.1 Å². The summed E-state index contributed by atoms with van der Waals surface area (Å²) in [6.07, 6.45) is 10.1. The SMILES string of the molecule is C=C1/C=C\C=C/N/C(C(=O)CNCCC)=C\1. The summed E-state index contributed by atoms with van der Waals surface area (Å²) >= 11 is 0. The summed E-state index contributed by atoms with van der Waals surface area (Å²) in [5.74, 6) is 0.0505. The minimum absolute atomic E-state index is 0.0505. The molecule has 16 heavy (non-hydrogen) atoms. The van der Waals surface area contributed by atoms with Gasteiger partial charge in [-0.2, -0.15) is 0 Å². The smallest absolute Gasteiger partial charge is 0.192 e. The average Bonchev–Trinajstić information content (AvgIpc) is 2.23. The van der Waals surface area contributed by atoms with Gasteiger partial charge in [-0.3, -0.25) is 4.79 Å². The van der Waals surface area contributed by atoms with Crippen molar-refractivity contribution in [2.75, 3.05) is 13.1 Å². The summed E-state index contributed by atoms with van der Waals surface area (Å²) in [4.78, 5) is 11.8. The van der Waals surface area contributed by atoms with Crippen LogP contribution in [-0.4, -0.2) is 18.9 Å². The number of nitrogens with one attached hydrogen (secondary N) is 2. The molecule has 1 aliphatic heterocycles. The predicted molar refractivity (Wildman–Crippen MR) is 66.8 cm³/mol. The van der Waals surface area contributed by atoms with Crippen molar-refractivity contribution in [3.63, 3.8) is 0 Å². The molecular formula is C13H18N2O. The standard InChI is InChI=1S/C13H18N2O/c1-3-7-14-10-13(16)12-9-11(2)6-4-5-8-15-12/h4-6,8-9,14-15H,2-3,7,10H2,1H3/b6-4-,8-5-,12-9-. The Morgan fingerprint density at radius 2 is 2.31 bits per heavy atom. The van der Waals surface area contributed by atoms with Gasteiger partial charge < -0.3 is 10.6 Å². The van der Waals surface area contributed by atoms with Gasteiger partial charge in [-0.1, -0.05) is 25.7 Å². The summed E-state index contributed by atoms with van der Waals surface area (Å²) in [7, 11) is 0. The Labute approximate surface area is 96.6 Å². The minimum atomic E-state index is 0.0505. The summed E-state index contributed by atoms with van der Waals surface area (Å²) in [6.45, 7) is 7.12. The van der Waals surface area contributed by atoms with E-state index in [9.17, 15) is 4.79 Å². The highest BCUT2D eigenvalue weighted by Gasteiger charge is 2.07. The van der Waals surface area contributed by atoms with Crippen LogP contribution in [0.4, 0.5) is 0 Å². The third kappa shape index (κ3) is 4.28. The second-order valence-electron chi connectivity index (χ2n) is 3.60. The maximum atomic E-state index is 11.8. The fraction of sp³-hybridized carbons (Fsp3) is 0.308. The number of allylic oxidation sites excluding steroid dienone is 5. The average molecular weight is 218 g/mol. The van der Waals surface area contributed by atoms with E-state index in [1.165, 1.54) is 0 Å². The molecule has 1 heterocycles. The number of rotatable bonds is 5. The molecule has 2 N–H and O–H groups in total. The van der Waals surface area contributed by atoms with E-state index < -0.39 is 0 Å². The minimum Gasteiger partial charge on any atom is -0.359 e. The first-order valence-electron chi connectivity index (χ1n) is 5.48. The molecule has 0 saturated heterocycles. The van der Waals surface area contributed by atoms with Crippen LogP contribution < -0.4 is 10.6 Å². The summed E-state index contributed by atoms with van der Waals surface area (Å²) in [5, 5.41) is 6.04. The van der Waals surface area contributed by atoms with Crippen LogP contribution >= 0.6 is 0 Å². The van der Waals surface area contributed by atoms with Crippen molar-refractivity contribution in [2.24, 2.45) is 0 Å². The van der Waals surface area contributed by atoms with Gasteiger partial charge in [-0.15, -0.1) is 0 Å². The number of carbonyl (C=O) groups is 1. The molecule has 0 atom stereocenters. The van der Waals surface area contributed by atoms with E-state index in [0.717, 1.165) is 18.5 Å². The van der Waals surface area contributed by atoms with Crippen LogP contribution in [0.2, 0.25) is 0 Å². The molecule has 0 aromatic carbocycles. The Hall–Kier alpha value is -1.61. The second kappa shape index (κ2) is 6.80. The molecule has 0 saturated carbocycles. The number of hydrogen-bond acceptors (Lipinski definition) is 3. The van der Waals surface area contributed by atoms with E-state index in [1.807, 2.05) is 18.2 Å². The monoisotopic (exact) mass is 218 g/mol. The first kappa shape index (κ1) is 12.5. The third-order valence-electron chi connectivity index (χ3n) is 2.10. The Bertz CT molecular complexity index is 351. The molecule has 0 aromatic rings. The van der Waals surface area contributed by atoms with Crippen molar-refractivity contribution in [1.82, 2.24) is 10.6 Å². The van der Waals surface area contributed by atoms with Crippen molar-refractivity contribution < 1.29 is 4.79 Å². The van der Waals surface area contributed by atoms with Gasteiger partial charge in [0.25, 0.3) is 0 Å². The van der Waals surface area contributed by atoms with Gasteiger partial charge in [0, 0.05) is 6.20 Å². The zero-order valence-corrected chi connectivity index (χ0v) is 9.62. The molecule has 1 aliphatic rings. The lowest BCUT2D eigenvalue weighted by Crippen LogP contribution is -2.28. The zero-order valence-electron chi connectivity index (χ0n) is 9.62. The Morgan fingerprint density at radius 3 is 3.06 bits per heavy atom. The predicted octanol–water partition coefficient (Wildman–Crippen LogP) is 1.67. The molecule has 86 valence electrons. The van der Waals surface area contributed by atoms with Crippen LogP contribution in [-0.2, 0) is 4.79 Å². The quantitative estimate of drug-likeness (QED) is 0.690. The van der Waals surface area contributed by atoms with Crippen molar-refractivity contribution in [3.8, 4) is 0 Å². The molecule has 1 rings (SSSR count). The number of ketones is 1. The van der Waals surface area contributed by atoms with E-state index in [4.69, 9.17) is 0 Å². The van der Waals surface area contributed by atoms with E-state index >= 15 is 0 Å². The van der Waals surface area contributed by atoms with Crippen molar-refractivity contribution in [3.05, 3.63) is 48.4 Å². The molecule has 0 bridgehead atoms. The molecule has 0 unspecified atom stereocenters. The molecule has 3 heteroatoms. The highest BCUT2D eigenvalue weighted by atomic mass is 16.1. The molecule has 0 amide bonds. The van der Waals surface area contributed by atoms with Crippen LogP contribution in [0.1, 0.15) is 13.3 Å². The summed E-state index contributed by atoms with van der Waals surface area (Å²) < 4.78 is 0. The maximum absolute atomic E-state index is 11.8. The Kier molecular flexibility index (Phi) is 5.29. The van der Waals surface area contributed by atoms with Crippen LogP contribution in [0, 0.1) is 0 Å². The van der Waals surface area contributed by atoms with Gasteiger partial charge in [-0.25, -0.2) is 0 Å². The van der Waals surface area contributed by atoms with Crippen molar-refractivity contribution in [2.45, 2.75) is 13.3 Å². The fourth-order valence-electron chi connectivity index (χ4n) is 1.28. The highest BCUT2D eigenvalue weighted by Crippen LogP contribution is 2.04. The van der Waals surface area contributed by atoms with Crippen molar-refractivity contribution in [1.29, 1.82) is 0 Å². The Balaban J connectivity index is 2.59. The van der Waals surface area contributed by atoms with Crippen molar-refractivity contribution >= 4 is 5.78 Å². The largest absolute Gasteiger partial charge is 0.359 e. The van der Waals surface area contributed by atoms with Gasteiger partial charge in [0.1, 0.15) is 0 Å². The zero-order chi connectivity index (χ0) is 11.8. The number of Topliss-reactive ketones (excluding diaryl/α,β-unsaturated/α-hetero) is 1. The number of hydrogen-bond donors (Lipinski definition) is 2. The topological polar surface area (TPSA) is 41.1 Å². The second-order valence-corrected chi connectivity index (χ2v) is 3.60. The number of carbonyl (C=O) groups excluding carboxylic acids is 1. The molecule has 0 fully saturated rings. The summed E-state index contributed by atoms with van der Waals surface area (Å²) in [5.41, 5.74) is 1.39. The van der Waals surface area contributed by atoms with Gasteiger partial charge in [0.05, 0.1) is 12.2 Å². The lowest BCUT2D eigenvalue weighted by Gasteiger charge is -2.08. The van der Waals surface area contributed by atoms with Gasteiger partial charge in [-0.05, 0) is 30.7 Å². The molecule has 3 nitrogen and oxygen atoms in total. The van der Waals surface area contributed by atoms with Crippen LogP contribution in [0.5, 0.6) is 0 Å². The lowest BCUT2D eigenvalue weighted by atomic mass is 10.1. The first-order valence-corrected chi connectivity index (χ1v) is 5.48. The fourth-order valence-corrected chi connectivity index (χ4v) is 1.28. The molecule has 0 radical (unpaired) electrons. The maximum Gasteiger partial charge on any atom is 0.192 e. The van der Waals surface area contributed by atoms with Crippen LogP contribution in [0.25, 0.3) is 0 Å². The van der Waals surface area contributed by atoms with Gasteiger partial charge >= 0.3 is 0 Å². The van der Waals surface area contributed by atoms with E-state index in [-0.39, 0.29) is 5.78 Å². The first-order chi connectivity index (χ1) is 7.74. The van der Waals surface area contributed by atoms with E-state index in [1.54, 1.807) is 12.3 Å². The molecule has 0 aromatic heterocycles. The van der Waals surface area contributed by atoms with Crippen LogP contribution in [0.15, 0.2) is 48.4 Å². The molecule has 0 aliphatic carbocycles. The van der Waals surface area contributed by atoms with Gasteiger partial charge in [0.2, 0.25) is 0 Å². The molecule has 0 spiro atoms. The lowest BCUT2D eigenvalue weighted by molar-refractivity contribution is -0.115. The highest BCUT2D eigenvalue weighted by molar-refractivity contribution is 5.97. The van der Waals surface area contributed by atoms with Gasteiger partial charge in [0.15, 0.2) is 5.78 Å². The molecular weight excluding hydrogens is 200 g/mol.